The zero-order chi connectivity index (χ0) is 16.3. The van der Waals surface area contributed by atoms with Crippen LogP contribution in [0.4, 0.5) is 0 Å². The molecule has 0 aliphatic heterocycles. The maximum atomic E-state index is 4.98. The van der Waals surface area contributed by atoms with Gasteiger partial charge in [0, 0.05) is 23.9 Å². The quantitative estimate of drug-likeness (QED) is 0.603. The van der Waals surface area contributed by atoms with E-state index in [9.17, 15) is 0 Å². The topological polar surface area (TPSA) is 37.8 Å². The first kappa shape index (κ1) is 13.5. The molecule has 2 aliphatic carbocycles. The zero-order valence-electron chi connectivity index (χ0n) is 13.6. The summed E-state index contributed by atoms with van der Waals surface area (Å²) in [6.07, 6.45) is 4.49. The molecule has 3 nitrogen and oxygen atoms in total. The predicted molar refractivity (Wildman–Crippen MR) is 98.5 cm³/mol. The maximum Gasteiger partial charge on any atom is 0.0979 e. The van der Waals surface area contributed by atoms with Gasteiger partial charge in [0.25, 0.3) is 0 Å². The number of aryl methyl sites for hydroxylation is 1. The molecular formula is C21H17N3. The maximum absolute atomic E-state index is 4.98. The first-order chi connectivity index (χ1) is 11.8. The SMILES string of the molecule is C=C(NC)c1ccc2nc3c(nc2c1)C1=CCCc2cccc-3c21. The molecular weight excluding hydrogens is 294 g/mol. The third-order valence-electron chi connectivity index (χ3n) is 5.01. The van der Waals surface area contributed by atoms with Crippen molar-refractivity contribution in [2.45, 2.75) is 12.8 Å². The summed E-state index contributed by atoms with van der Waals surface area (Å²) in [6.45, 7) is 4.04. The van der Waals surface area contributed by atoms with E-state index in [0.717, 1.165) is 46.5 Å². The Hall–Kier alpha value is -2.94. The summed E-state index contributed by atoms with van der Waals surface area (Å²) in [5.41, 5.74) is 11.1. The van der Waals surface area contributed by atoms with Crippen LogP contribution in [0.25, 0.3) is 33.6 Å². The summed E-state index contributed by atoms with van der Waals surface area (Å²) >= 11 is 0. The van der Waals surface area contributed by atoms with Crippen molar-refractivity contribution in [2.75, 3.05) is 7.05 Å². The van der Waals surface area contributed by atoms with Gasteiger partial charge >= 0.3 is 0 Å². The molecule has 0 saturated carbocycles. The second-order valence-electron chi connectivity index (χ2n) is 6.35. The number of fused-ring (bicyclic) bond motifs is 4. The van der Waals surface area contributed by atoms with Crippen molar-refractivity contribution in [1.29, 1.82) is 0 Å². The van der Waals surface area contributed by atoms with Gasteiger partial charge in [-0.05, 0) is 41.7 Å². The van der Waals surface area contributed by atoms with E-state index in [0.29, 0.717) is 0 Å². The van der Waals surface area contributed by atoms with E-state index in [-0.39, 0.29) is 0 Å². The fraction of sp³-hybridized carbons (Fsp3) is 0.143. The Bertz CT molecular complexity index is 1060. The second kappa shape index (κ2) is 4.78. The summed E-state index contributed by atoms with van der Waals surface area (Å²) in [4.78, 5) is 9.91. The molecule has 2 aliphatic rings. The van der Waals surface area contributed by atoms with Crippen LogP contribution in [0.2, 0.25) is 0 Å². The van der Waals surface area contributed by atoms with Gasteiger partial charge in [-0.15, -0.1) is 0 Å². The summed E-state index contributed by atoms with van der Waals surface area (Å²) in [7, 11) is 1.88. The van der Waals surface area contributed by atoms with Gasteiger partial charge in [-0.3, -0.25) is 0 Å². The molecule has 0 fully saturated rings. The number of nitrogens with zero attached hydrogens (tertiary/aromatic N) is 2. The summed E-state index contributed by atoms with van der Waals surface area (Å²) < 4.78 is 0. The monoisotopic (exact) mass is 311 g/mol. The van der Waals surface area contributed by atoms with E-state index in [1.54, 1.807) is 0 Å². The molecule has 0 amide bonds. The number of hydrogen-bond acceptors (Lipinski definition) is 3. The van der Waals surface area contributed by atoms with Crippen LogP contribution in [-0.2, 0) is 6.42 Å². The lowest BCUT2D eigenvalue weighted by molar-refractivity contribution is 0.980. The van der Waals surface area contributed by atoms with Crippen LogP contribution in [0, 0.1) is 0 Å². The Kier molecular flexibility index (Phi) is 2.69. The Morgan fingerprint density at radius 3 is 2.83 bits per heavy atom. The normalized spacial score (nSPS) is 14.1. The average molecular weight is 311 g/mol. The van der Waals surface area contributed by atoms with Crippen LogP contribution in [0.15, 0.2) is 49.1 Å². The third-order valence-corrected chi connectivity index (χ3v) is 5.01. The van der Waals surface area contributed by atoms with Crippen molar-refractivity contribution in [3.8, 4) is 11.3 Å². The summed E-state index contributed by atoms with van der Waals surface area (Å²) in [6, 6.07) is 12.7. The minimum atomic E-state index is 0.890. The predicted octanol–water partition coefficient (Wildman–Crippen LogP) is 4.18. The highest BCUT2D eigenvalue weighted by Crippen LogP contribution is 2.46. The van der Waals surface area contributed by atoms with Crippen molar-refractivity contribution in [3.63, 3.8) is 0 Å². The minimum absolute atomic E-state index is 0.890. The molecule has 116 valence electrons. The molecule has 1 heterocycles. The number of nitrogens with one attached hydrogen (secondary N) is 1. The van der Waals surface area contributed by atoms with Crippen molar-refractivity contribution in [2.24, 2.45) is 0 Å². The van der Waals surface area contributed by atoms with Gasteiger partial charge in [0.15, 0.2) is 0 Å². The molecule has 3 heteroatoms. The Balaban J connectivity index is 1.79. The highest BCUT2D eigenvalue weighted by Gasteiger charge is 2.30. The van der Waals surface area contributed by atoms with Gasteiger partial charge in [0.2, 0.25) is 0 Å². The third kappa shape index (κ3) is 1.72. The molecule has 1 aromatic heterocycles. The fourth-order valence-corrected chi connectivity index (χ4v) is 3.77. The number of hydrogen-bond donors (Lipinski definition) is 1. The van der Waals surface area contributed by atoms with Gasteiger partial charge in [0.1, 0.15) is 0 Å². The summed E-state index contributed by atoms with van der Waals surface area (Å²) in [5, 5.41) is 3.09. The molecule has 0 saturated heterocycles. The van der Waals surface area contributed by atoms with Crippen LogP contribution >= 0.6 is 0 Å². The van der Waals surface area contributed by atoms with E-state index in [1.165, 1.54) is 22.3 Å². The van der Waals surface area contributed by atoms with Gasteiger partial charge in [-0.2, -0.15) is 0 Å². The standard InChI is InChI=1S/C21H17N3/c1-12(22-2)14-9-10-17-18(11-14)24-21-16-8-4-6-13-5-3-7-15(19(13)16)20(21)23-17/h3,5,7-11,22H,1,4,6H2,2H3. The van der Waals surface area contributed by atoms with Gasteiger partial charge in [-0.1, -0.05) is 36.9 Å². The minimum Gasteiger partial charge on any atom is -0.388 e. The van der Waals surface area contributed by atoms with Crippen molar-refractivity contribution < 1.29 is 0 Å². The van der Waals surface area contributed by atoms with Crippen LogP contribution in [-0.4, -0.2) is 17.0 Å². The van der Waals surface area contributed by atoms with Crippen LogP contribution < -0.4 is 5.32 Å². The zero-order valence-corrected chi connectivity index (χ0v) is 13.6. The highest BCUT2D eigenvalue weighted by molar-refractivity contribution is 6.02. The molecule has 2 aromatic carbocycles. The molecule has 3 aromatic rings. The van der Waals surface area contributed by atoms with Crippen LogP contribution in [0.5, 0.6) is 0 Å². The lowest BCUT2D eigenvalue weighted by Gasteiger charge is -2.13. The number of benzene rings is 2. The van der Waals surface area contributed by atoms with E-state index in [1.807, 2.05) is 19.2 Å². The second-order valence-corrected chi connectivity index (χ2v) is 6.35. The number of aromatic nitrogens is 2. The lowest BCUT2D eigenvalue weighted by Crippen LogP contribution is -2.03. The van der Waals surface area contributed by atoms with Gasteiger partial charge < -0.3 is 5.32 Å². The van der Waals surface area contributed by atoms with Crippen molar-refractivity contribution >= 4 is 22.3 Å². The molecule has 0 atom stereocenters. The lowest BCUT2D eigenvalue weighted by atomic mass is 9.91. The average Bonchev–Trinajstić information content (AvgIpc) is 2.94. The molecule has 0 unspecified atom stereocenters. The number of allylic oxidation sites excluding steroid dienone is 1. The highest BCUT2D eigenvalue weighted by atomic mass is 14.9. The van der Waals surface area contributed by atoms with Gasteiger partial charge in [0.05, 0.1) is 22.4 Å². The van der Waals surface area contributed by atoms with Crippen LogP contribution in [0.1, 0.15) is 28.8 Å². The van der Waals surface area contributed by atoms with Crippen molar-refractivity contribution in [3.05, 3.63) is 71.4 Å². The van der Waals surface area contributed by atoms with Crippen LogP contribution in [0.3, 0.4) is 0 Å². The molecule has 0 radical (unpaired) electrons. The Morgan fingerprint density at radius 2 is 1.96 bits per heavy atom. The van der Waals surface area contributed by atoms with E-state index >= 15 is 0 Å². The molecule has 1 N–H and O–H groups in total. The largest absolute Gasteiger partial charge is 0.388 e. The smallest absolute Gasteiger partial charge is 0.0979 e. The fourth-order valence-electron chi connectivity index (χ4n) is 3.77. The number of rotatable bonds is 2. The van der Waals surface area contributed by atoms with E-state index in [4.69, 9.17) is 9.97 Å². The first-order valence-corrected chi connectivity index (χ1v) is 8.28. The van der Waals surface area contributed by atoms with Crippen molar-refractivity contribution in [1.82, 2.24) is 15.3 Å². The van der Waals surface area contributed by atoms with E-state index in [2.05, 4.69) is 42.2 Å². The van der Waals surface area contributed by atoms with E-state index < -0.39 is 0 Å². The molecule has 24 heavy (non-hydrogen) atoms. The molecule has 5 rings (SSSR count). The van der Waals surface area contributed by atoms with Gasteiger partial charge in [-0.25, -0.2) is 9.97 Å². The Morgan fingerprint density at radius 1 is 1.08 bits per heavy atom. The first-order valence-electron chi connectivity index (χ1n) is 8.28. The molecule has 0 spiro atoms. The Labute approximate surface area is 140 Å². The summed E-state index contributed by atoms with van der Waals surface area (Å²) in [5.74, 6) is 0. The molecule has 0 bridgehead atoms.